The Morgan fingerprint density at radius 3 is 2.76 bits per heavy atom. The summed E-state index contributed by atoms with van der Waals surface area (Å²) >= 11 is 6.10. The number of aromatic nitrogens is 1. The zero-order valence-electron chi connectivity index (χ0n) is 14.9. The molecule has 0 radical (unpaired) electrons. The third-order valence-corrected chi connectivity index (χ3v) is 4.32. The molecular formula is C19H22ClFN2O2. The van der Waals surface area contributed by atoms with Gasteiger partial charge in [-0.2, -0.15) is 0 Å². The Morgan fingerprint density at radius 2 is 2.08 bits per heavy atom. The molecule has 134 valence electrons. The summed E-state index contributed by atoms with van der Waals surface area (Å²) in [5.74, 6) is -0.478. The van der Waals surface area contributed by atoms with Gasteiger partial charge in [0, 0.05) is 23.2 Å². The van der Waals surface area contributed by atoms with E-state index in [0.29, 0.717) is 23.1 Å². The van der Waals surface area contributed by atoms with E-state index in [0.717, 1.165) is 24.1 Å². The van der Waals surface area contributed by atoms with E-state index in [-0.39, 0.29) is 5.02 Å². The highest BCUT2D eigenvalue weighted by molar-refractivity contribution is 6.31. The van der Waals surface area contributed by atoms with Crippen molar-refractivity contribution < 1.29 is 13.9 Å². The van der Waals surface area contributed by atoms with Crippen LogP contribution >= 0.6 is 11.6 Å². The van der Waals surface area contributed by atoms with Crippen molar-refractivity contribution in [2.75, 3.05) is 6.54 Å². The molecule has 1 amide bonds. The van der Waals surface area contributed by atoms with E-state index in [9.17, 15) is 9.18 Å². The van der Waals surface area contributed by atoms with Crippen molar-refractivity contribution in [3.63, 3.8) is 0 Å². The predicted octanol–water partition coefficient (Wildman–Crippen LogP) is 5.64. The third-order valence-electron chi connectivity index (χ3n) is 4.05. The molecule has 0 spiro atoms. The Morgan fingerprint density at radius 1 is 1.36 bits per heavy atom. The smallest absolute Gasteiger partial charge is 0.414 e. The van der Waals surface area contributed by atoms with E-state index >= 15 is 0 Å². The molecule has 1 aromatic heterocycles. The summed E-state index contributed by atoms with van der Waals surface area (Å²) < 4.78 is 19.9. The number of halogens is 2. The Hall–Kier alpha value is -2.01. The second-order valence-corrected chi connectivity index (χ2v) is 7.73. The molecule has 1 aliphatic heterocycles. The van der Waals surface area contributed by atoms with E-state index in [1.165, 1.54) is 0 Å². The number of rotatable bonds is 1. The number of H-pyrrole nitrogens is 1. The number of nitrogens with one attached hydrogen (secondary N) is 1. The van der Waals surface area contributed by atoms with Crippen LogP contribution in [0.1, 0.15) is 44.9 Å². The highest BCUT2D eigenvalue weighted by atomic mass is 35.5. The van der Waals surface area contributed by atoms with Gasteiger partial charge < -0.3 is 9.72 Å². The first-order chi connectivity index (χ1) is 11.7. The fourth-order valence-electron chi connectivity index (χ4n) is 3.05. The standard InChI is InChI=1S/C19H22ClFN2O2/c1-11-9-13-12(10-14(20)16(21)17(13)22-11)15-7-5-6-8-23(15)18(24)25-19(2,3)4/h7,9-10,22H,5-6,8H2,1-4H3. The maximum Gasteiger partial charge on any atom is 0.414 e. The average Bonchev–Trinajstić information content (AvgIpc) is 2.91. The highest BCUT2D eigenvalue weighted by Gasteiger charge is 2.28. The minimum absolute atomic E-state index is 0.0277. The van der Waals surface area contributed by atoms with Gasteiger partial charge in [-0.15, -0.1) is 0 Å². The zero-order valence-corrected chi connectivity index (χ0v) is 15.6. The molecule has 0 unspecified atom stereocenters. The van der Waals surface area contributed by atoms with Crippen LogP contribution in [0.4, 0.5) is 9.18 Å². The molecule has 0 bridgehead atoms. The number of ether oxygens (including phenoxy) is 1. The fraction of sp³-hybridized carbons (Fsp3) is 0.421. The molecule has 4 nitrogen and oxygen atoms in total. The molecule has 1 N–H and O–H groups in total. The number of aryl methyl sites for hydroxylation is 1. The Bertz CT molecular complexity index is 864. The first-order valence-corrected chi connectivity index (χ1v) is 8.73. The fourth-order valence-corrected chi connectivity index (χ4v) is 3.26. The van der Waals surface area contributed by atoms with Gasteiger partial charge in [-0.25, -0.2) is 9.18 Å². The molecule has 6 heteroatoms. The first-order valence-electron chi connectivity index (χ1n) is 8.36. The molecule has 3 rings (SSSR count). The second-order valence-electron chi connectivity index (χ2n) is 7.32. The maximum atomic E-state index is 14.3. The summed E-state index contributed by atoms with van der Waals surface area (Å²) in [6.45, 7) is 7.92. The van der Waals surface area contributed by atoms with Gasteiger partial charge in [-0.05, 0) is 52.7 Å². The van der Waals surface area contributed by atoms with E-state index in [1.54, 1.807) is 11.0 Å². The van der Waals surface area contributed by atoms with Gasteiger partial charge in [0.2, 0.25) is 0 Å². The molecule has 0 aliphatic carbocycles. The third kappa shape index (κ3) is 3.52. The van der Waals surface area contributed by atoms with Crippen molar-refractivity contribution in [1.82, 2.24) is 9.88 Å². The van der Waals surface area contributed by atoms with Crippen LogP contribution in [0.2, 0.25) is 5.02 Å². The predicted molar refractivity (Wildman–Crippen MR) is 98.2 cm³/mol. The van der Waals surface area contributed by atoms with Crippen LogP contribution in [0.25, 0.3) is 16.6 Å². The van der Waals surface area contributed by atoms with Gasteiger partial charge in [0.25, 0.3) is 0 Å². The first kappa shape index (κ1) is 17.8. The second kappa shape index (κ2) is 6.37. The normalized spacial score (nSPS) is 15.4. The molecule has 0 saturated carbocycles. The molecular weight excluding hydrogens is 343 g/mol. The van der Waals surface area contributed by atoms with Crippen molar-refractivity contribution in [2.45, 2.75) is 46.1 Å². The Kier molecular flexibility index (Phi) is 4.54. The summed E-state index contributed by atoms with van der Waals surface area (Å²) in [6, 6.07) is 3.45. The van der Waals surface area contributed by atoms with E-state index < -0.39 is 17.5 Å². The topological polar surface area (TPSA) is 45.3 Å². The summed E-state index contributed by atoms with van der Waals surface area (Å²) in [4.78, 5) is 17.3. The van der Waals surface area contributed by atoms with E-state index in [1.807, 2.05) is 39.8 Å². The lowest BCUT2D eigenvalue weighted by molar-refractivity contribution is 0.0347. The lowest BCUT2D eigenvalue weighted by Gasteiger charge is -2.31. The van der Waals surface area contributed by atoms with E-state index in [4.69, 9.17) is 16.3 Å². The van der Waals surface area contributed by atoms with E-state index in [2.05, 4.69) is 4.98 Å². The average molecular weight is 365 g/mol. The van der Waals surface area contributed by atoms with Crippen LogP contribution in [-0.4, -0.2) is 28.1 Å². The molecule has 0 fully saturated rings. The molecule has 1 aromatic carbocycles. The number of carbonyl (C=O) groups excluding carboxylic acids is 1. The number of hydrogen-bond donors (Lipinski definition) is 1. The van der Waals surface area contributed by atoms with Gasteiger partial charge in [0.05, 0.1) is 16.2 Å². The molecule has 0 atom stereocenters. The van der Waals surface area contributed by atoms with Crippen molar-refractivity contribution >= 4 is 34.3 Å². The number of amides is 1. The number of allylic oxidation sites excluding steroid dienone is 1. The molecule has 0 saturated heterocycles. The quantitative estimate of drug-likeness (QED) is 0.711. The molecule has 1 aliphatic rings. The van der Waals surface area contributed by atoms with Gasteiger partial charge >= 0.3 is 6.09 Å². The Balaban J connectivity index is 2.10. The summed E-state index contributed by atoms with van der Waals surface area (Å²) in [5, 5.41) is 0.737. The van der Waals surface area contributed by atoms with Crippen LogP contribution in [0.15, 0.2) is 18.2 Å². The number of hydrogen-bond acceptors (Lipinski definition) is 2. The van der Waals surface area contributed by atoms with Crippen molar-refractivity contribution in [3.05, 3.63) is 40.3 Å². The number of carbonyl (C=O) groups is 1. The van der Waals surface area contributed by atoms with Crippen molar-refractivity contribution in [2.24, 2.45) is 0 Å². The molecule has 2 heterocycles. The van der Waals surface area contributed by atoms with Crippen LogP contribution in [0.5, 0.6) is 0 Å². The van der Waals surface area contributed by atoms with Crippen LogP contribution in [0.3, 0.4) is 0 Å². The zero-order chi connectivity index (χ0) is 18.4. The van der Waals surface area contributed by atoms with Gasteiger partial charge in [0.1, 0.15) is 5.60 Å². The lowest BCUT2D eigenvalue weighted by atomic mass is 10.0. The maximum absolute atomic E-state index is 14.3. The lowest BCUT2D eigenvalue weighted by Crippen LogP contribution is -2.37. The number of aromatic amines is 1. The van der Waals surface area contributed by atoms with Crippen LogP contribution in [-0.2, 0) is 4.74 Å². The van der Waals surface area contributed by atoms with Crippen molar-refractivity contribution in [1.29, 1.82) is 0 Å². The minimum Gasteiger partial charge on any atom is -0.443 e. The van der Waals surface area contributed by atoms with Gasteiger partial charge in [-0.1, -0.05) is 17.7 Å². The summed E-state index contributed by atoms with van der Waals surface area (Å²) in [7, 11) is 0. The summed E-state index contributed by atoms with van der Waals surface area (Å²) in [5.41, 5.74) is 2.05. The van der Waals surface area contributed by atoms with Crippen molar-refractivity contribution in [3.8, 4) is 0 Å². The highest BCUT2D eigenvalue weighted by Crippen LogP contribution is 2.36. The Labute approximate surface area is 151 Å². The number of nitrogens with zero attached hydrogens (tertiary/aromatic N) is 1. The number of fused-ring (bicyclic) bond motifs is 1. The van der Waals surface area contributed by atoms with Gasteiger partial charge in [-0.3, -0.25) is 4.90 Å². The number of benzene rings is 1. The largest absolute Gasteiger partial charge is 0.443 e. The monoisotopic (exact) mass is 364 g/mol. The van der Waals surface area contributed by atoms with Crippen LogP contribution < -0.4 is 0 Å². The van der Waals surface area contributed by atoms with Crippen LogP contribution in [0, 0.1) is 12.7 Å². The molecule has 25 heavy (non-hydrogen) atoms. The molecule has 2 aromatic rings. The summed E-state index contributed by atoms with van der Waals surface area (Å²) in [6.07, 6.45) is 3.28. The SMILES string of the molecule is Cc1cc2c(C3=CCCCN3C(=O)OC(C)(C)C)cc(Cl)c(F)c2[nH]1. The minimum atomic E-state index is -0.583. The van der Waals surface area contributed by atoms with Gasteiger partial charge in [0.15, 0.2) is 5.82 Å².